The van der Waals surface area contributed by atoms with E-state index in [9.17, 15) is 9.59 Å². The third-order valence-corrected chi connectivity index (χ3v) is 3.67. The molecule has 1 aliphatic heterocycles. The topological polar surface area (TPSA) is 58.6 Å². The fourth-order valence-electron chi connectivity index (χ4n) is 2.35. The normalized spacial score (nSPS) is 18.7. The number of rotatable bonds is 5. The van der Waals surface area contributed by atoms with Crippen molar-refractivity contribution in [1.29, 1.82) is 0 Å². The summed E-state index contributed by atoms with van der Waals surface area (Å²) < 4.78 is 5.42. The Bertz CT molecular complexity index is 499. The number of ether oxygens (including phenoxy) is 1. The standard InChI is InChI=1S/C16H22N2O3/c1-3-12-5-7-13(8-6-12)17-15(19)11-14-16(20)18(4-2)9-10-21-14/h5-8,14H,3-4,9-11H2,1-2H3,(H,17,19)/t14-/m0/s1. The molecule has 1 atom stereocenters. The summed E-state index contributed by atoms with van der Waals surface area (Å²) in [6.45, 7) is 5.75. The molecule has 1 aromatic carbocycles. The average Bonchev–Trinajstić information content (AvgIpc) is 2.50. The van der Waals surface area contributed by atoms with E-state index in [2.05, 4.69) is 12.2 Å². The number of anilines is 1. The number of nitrogens with one attached hydrogen (secondary N) is 1. The molecule has 0 aromatic heterocycles. The Morgan fingerprint density at radius 3 is 2.67 bits per heavy atom. The second-order valence-electron chi connectivity index (χ2n) is 5.08. The van der Waals surface area contributed by atoms with Gasteiger partial charge in [0.25, 0.3) is 5.91 Å². The summed E-state index contributed by atoms with van der Waals surface area (Å²) in [5, 5.41) is 2.80. The van der Waals surface area contributed by atoms with Crippen molar-refractivity contribution in [3.05, 3.63) is 29.8 Å². The molecule has 0 bridgehead atoms. The fraction of sp³-hybridized carbons (Fsp3) is 0.500. The van der Waals surface area contributed by atoms with Crippen molar-refractivity contribution < 1.29 is 14.3 Å². The second kappa shape index (κ2) is 7.22. The quantitative estimate of drug-likeness (QED) is 0.900. The molecule has 114 valence electrons. The van der Waals surface area contributed by atoms with Gasteiger partial charge >= 0.3 is 0 Å². The molecule has 0 aliphatic carbocycles. The van der Waals surface area contributed by atoms with Crippen LogP contribution in [0.3, 0.4) is 0 Å². The molecule has 1 aromatic rings. The molecule has 21 heavy (non-hydrogen) atoms. The summed E-state index contributed by atoms with van der Waals surface area (Å²) >= 11 is 0. The van der Waals surface area contributed by atoms with Crippen molar-refractivity contribution >= 4 is 17.5 Å². The van der Waals surface area contributed by atoms with Crippen molar-refractivity contribution in [3.8, 4) is 0 Å². The van der Waals surface area contributed by atoms with Gasteiger partial charge in [0, 0.05) is 18.8 Å². The van der Waals surface area contributed by atoms with Crippen LogP contribution >= 0.6 is 0 Å². The summed E-state index contributed by atoms with van der Waals surface area (Å²) in [5.41, 5.74) is 1.96. The van der Waals surface area contributed by atoms with Crippen molar-refractivity contribution in [2.75, 3.05) is 25.0 Å². The maximum absolute atomic E-state index is 12.0. The predicted octanol–water partition coefficient (Wildman–Crippen LogP) is 1.82. The van der Waals surface area contributed by atoms with Gasteiger partial charge in [-0.2, -0.15) is 0 Å². The van der Waals surface area contributed by atoms with E-state index in [1.807, 2.05) is 31.2 Å². The Morgan fingerprint density at radius 2 is 2.05 bits per heavy atom. The molecule has 1 heterocycles. The van der Waals surface area contributed by atoms with E-state index in [1.54, 1.807) is 4.90 Å². The minimum Gasteiger partial charge on any atom is -0.366 e. The first kappa shape index (κ1) is 15.5. The summed E-state index contributed by atoms with van der Waals surface area (Å²) in [6, 6.07) is 7.71. The Hall–Kier alpha value is -1.88. The number of carbonyl (C=O) groups is 2. The molecule has 5 heteroatoms. The summed E-state index contributed by atoms with van der Waals surface area (Å²) in [5.74, 6) is -0.296. The van der Waals surface area contributed by atoms with Gasteiger partial charge in [-0.15, -0.1) is 0 Å². The third-order valence-electron chi connectivity index (χ3n) is 3.67. The van der Waals surface area contributed by atoms with E-state index in [-0.39, 0.29) is 18.2 Å². The average molecular weight is 290 g/mol. The first-order valence-electron chi connectivity index (χ1n) is 7.43. The molecular formula is C16H22N2O3. The van der Waals surface area contributed by atoms with Gasteiger partial charge in [-0.3, -0.25) is 9.59 Å². The number of hydrogen-bond acceptors (Lipinski definition) is 3. The lowest BCUT2D eigenvalue weighted by molar-refractivity contribution is -0.154. The summed E-state index contributed by atoms with van der Waals surface area (Å²) in [7, 11) is 0. The summed E-state index contributed by atoms with van der Waals surface area (Å²) in [6.07, 6.45) is 0.365. The van der Waals surface area contributed by atoms with Gasteiger partial charge < -0.3 is 15.0 Å². The highest BCUT2D eigenvalue weighted by Crippen LogP contribution is 2.14. The first-order valence-corrected chi connectivity index (χ1v) is 7.43. The monoisotopic (exact) mass is 290 g/mol. The van der Waals surface area contributed by atoms with E-state index >= 15 is 0 Å². The number of nitrogens with zero attached hydrogens (tertiary/aromatic N) is 1. The van der Waals surface area contributed by atoms with Crippen LogP contribution < -0.4 is 5.32 Å². The van der Waals surface area contributed by atoms with Gasteiger partial charge in [-0.1, -0.05) is 19.1 Å². The molecule has 2 rings (SSSR count). The maximum Gasteiger partial charge on any atom is 0.252 e. The molecule has 2 amide bonds. The lowest BCUT2D eigenvalue weighted by Crippen LogP contribution is -2.48. The van der Waals surface area contributed by atoms with Crippen molar-refractivity contribution in [2.24, 2.45) is 0 Å². The minimum absolute atomic E-state index is 0.0604. The smallest absolute Gasteiger partial charge is 0.252 e. The SMILES string of the molecule is CCc1ccc(NC(=O)C[C@@H]2OCCN(CC)C2=O)cc1. The number of benzene rings is 1. The third kappa shape index (κ3) is 4.04. The van der Waals surface area contributed by atoms with E-state index in [0.717, 1.165) is 12.1 Å². The van der Waals surface area contributed by atoms with E-state index in [4.69, 9.17) is 4.74 Å². The van der Waals surface area contributed by atoms with Gasteiger partial charge in [0.1, 0.15) is 6.10 Å². The number of carbonyl (C=O) groups excluding carboxylic acids is 2. The molecule has 1 aliphatic rings. The predicted molar refractivity (Wildman–Crippen MR) is 81.1 cm³/mol. The number of likely N-dealkylation sites (N-methyl/N-ethyl adjacent to an activating group) is 1. The second-order valence-corrected chi connectivity index (χ2v) is 5.08. The van der Waals surface area contributed by atoms with Crippen molar-refractivity contribution in [2.45, 2.75) is 32.8 Å². The zero-order chi connectivity index (χ0) is 15.2. The Labute approximate surface area is 125 Å². The molecule has 0 saturated carbocycles. The lowest BCUT2D eigenvalue weighted by atomic mass is 10.1. The first-order chi connectivity index (χ1) is 10.1. The molecule has 5 nitrogen and oxygen atoms in total. The van der Waals surface area contributed by atoms with Crippen LogP contribution in [0.25, 0.3) is 0 Å². The van der Waals surface area contributed by atoms with Crippen LogP contribution in [0, 0.1) is 0 Å². The molecule has 0 spiro atoms. The van der Waals surface area contributed by atoms with Gasteiger partial charge in [0.15, 0.2) is 0 Å². The molecule has 1 fully saturated rings. The van der Waals surface area contributed by atoms with Crippen molar-refractivity contribution in [1.82, 2.24) is 4.90 Å². The van der Waals surface area contributed by atoms with Gasteiger partial charge in [0.2, 0.25) is 5.91 Å². The van der Waals surface area contributed by atoms with Crippen LogP contribution in [0.15, 0.2) is 24.3 Å². The van der Waals surface area contributed by atoms with Crippen LogP contribution in [0.1, 0.15) is 25.8 Å². The highest BCUT2D eigenvalue weighted by molar-refractivity contribution is 5.95. The Kier molecular flexibility index (Phi) is 5.33. The van der Waals surface area contributed by atoms with E-state index in [1.165, 1.54) is 5.56 Å². The zero-order valence-electron chi connectivity index (χ0n) is 12.6. The molecule has 0 radical (unpaired) electrons. The number of hydrogen-bond donors (Lipinski definition) is 1. The number of amides is 2. The van der Waals surface area contributed by atoms with Crippen LogP contribution in [0.5, 0.6) is 0 Å². The minimum atomic E-state index is -0.659. The molecule has 1 saturated heterocycles. The van der Waals surface area contributed by atoms with E-state index < -0.39 is 6.10 Å². The number of morpholine rings is 1. The molecule has 1 N–H and O–H groups in total. The summed E-state index contributed by atoms with van der Waals surface area (Å²) in [4.78, 5) is 25.8. The zero-order valence-corrected chi connectivity index (χ0v) is 12.6. The molecular weight excluding hydrogens is 268 g/mol. The van der Waals surface area contributed by atoms with Gasteiger partial charge in [-0.05, 0) is 31.0 Å². The maximum atomic E-state index is 12.0. The highest BCUT2D eigenvalue weighted by atomic mass is 16.5. The van der Waals surface area contributed by atoms with Gasteiger partial charge in [0.05, 0.1) is 13.0 Å². The van der Waals surface area contributed by atoms with Crippen molar-refractivity contribution in [3.63, 3.8) is 0 Å². The highest BCUT2D eigenvalue weighted by Gasteiger charge is 2.30. The molecule has 0 unspecified atom stereocenters. The number of aryl methyl sites for hydroxylation is 1. The van der Waals surface area contributed by atoms with Crippen LogP contribution in [0.4, 0.5) is 5.69 Å². The van der Waals surface area contributed by atoms with Crippen LogP contribution in [-0.2, 0) is 20.7 Å². The largest absolute Gasteiger partial charge is 0.366 e. The van der Waals surface area contributed by atoms with Crippen LogP contribution in [0.2, 0.25) is 0 Å². The fourth-order valence-corrected chi connectivity index (χ4v) is 2.35. The van der Waals surface area contributed by atoms with Crippen LogP contribution in [-0.4, -0.2) is 42.5 Å². The van der Waals surface area contributed by atoms with E-state index in [0.29, 0.717) is 19.7 Å². The van der Waals surface area contributed by atoms with Gasteiger partial charge in [-0.25, -0.2) is 0 Å². The lowest BCUT2D eigenvalue weighted by Gasteiger charge is -2.31. The Morgan fingerprint density at radius 1 is 1.33 bits per heavy atom. The Balaban J connectivity index is 1.90.